The van der Waals surface area contributed by atoms with Gasteiger partial charge in [-0.05, 0) is 12.3 Å². The molecule has 2 heteroatoms. The van der Waals surface area contributed by atoms with Crippen LogP contribution in [0, 0.1) is 5.92 Å². The van der Waals surface area contributed by atoms with E-state index < -0.39 is 0 Å². The standard InChI is InChI=1S/C7H15ClO/c1-6(2)7(8)4-5-9-3/h6-7H,4-5H2,1-3H3. The summed E-state index contributed by atoms with van der Waals surface area (Å²) in [4.78, 5) is 0. The first kappa shape index (κ1) is 9.25. The first-order valence-electron chi connectivity index (χ1n) is 3.31. The summed E-state index contributed by atoms with van der Waals surface area (Å²) in [7, 11) is 1.70. The molecule has 0 aromatic rings. The SMILES string of the molecule is COCCC(Cl)C(C)C. The van der Waals surface area contributed by atoms with Crippen LogP contribution in [-0.2, 0) is 4.74 Å². The zero-order valence-electron chi connectivity index (χ0n) is 6.36. The summed E-state index contributed by atoms with van der Waals surface area (Å²) < 4.78 is 4.88. The average Bonchev–Trinajstić information content (AvgIpc) is 1.82. The number of ether oxygens (including phenoxy) is 1. The Labute approximate surface area is 62.3 Å². The molecule has 0 aliphatic heterocycles. The predicted molar refractivity (Wildman–Crippen MR) is 41.0 cm³/mol. The van der Waals surface area contributed by atoms with Crippen LogP contribution in [0.4, 0.5) is 0 Å². The molecule has 0 spiro atoms. The second-order valence-electron chi connectivity index (χ2n) is 2.54. The van der Waals surface area contributed by atoms with E-state index in [0.29, 0.717) is 5.92 Å². The van der Waals surface area contributed by atoms with Crippen molar-refractivity contribution in [3.8, 4) is 0 Å². The van der Waals surface area contributed by atoms with Gasteiger partial charge in [0.2, 0.25) is 0 Å². The van der Waals surface area contributed by atoms with Crippen LogP contribution in [0.2, 0.25) is 0 Å². The van der Waals surface area contributed by atoms with Crippen LogP contribution >= 0.6 is 11.6 Å². The van der Waals surface area contributed by atoms with Gasteiger partial charge in [0.15, 0.2) is 0 Å². The van der Waals surface area contributed by atoms with Gasteiger partial charge in [0.1, 0.15) is 0 Å². The number of halogens is 1. The molecule has 1 atom stereocenters. The monoisotopic (exact) mass is 150 g/mol. The van der Waals surface area contributed by atoms with Crippen LogP contribution < -0.4 is 0 Å². The van der Waals surface area contributed by atoms with Gasteiger partial charge in [-0.2, -0.15) is 0 Å². The van der Waals surface area contributed by atoms with Gasteiger partial charge in [-0.15, -0.1) is 11.6 Å². The Morgan fingerprint density at radius 1 is 1.44 bits per heavy atom. The predicted octanol–water partition coefficient (Wildman–Crippen LogP) is 2.29. The molecule has 9 heavy (non-hydrogen) atoms. The van der Waals surface area contributed by atoms with Crippen molar-refractivity contribution < 1.29 is 4.74 Å². The Kier molecular flexibility index (Phi) is 5.21. The van der Waals surface area contributed by atoms with Gasteiger partial charge in [-0.3, -0.25) is 0 Å². The molecule has 0 radical (unpaired) electrons. The highest BCUT2D eigenvalue weighted by Gasteiger charge is 2.07. The lowest BCUT2D eigenvalue weighted by Gasteiger charge is -2.11. The third kappa shape index (κ3) is 4.73. The molecular formula is C7H15ClO. The summed E-state index contributed by atoms with van der Waals surface area (Å²) in [6.07, 6.45) is 0.954. The molecule has 0 fully saturated rings. The van der Waals surface area contributed by atoms with Crippen molar-refractivity contribution in [3.63, 3.8) is 0 Å². The molecule has 0 amide bonds. The molecule has 0 saturated carbocycles. The highest BCUT2D eigenvalue weighted by atomic mass is 35.5. The Hall–Kier alpha value is 0.250. The minimum absolute atomic E-state index is 0.268. The van der Waals surface area contributed by atoms with E-state index in [1.54, 1.807) is 7.11 Å². The number of rotatable bonds is 4. The van der Waals surface area contributed by atoms with Crippen molar-refractivity contribution in [3.05, 3.63) is 0 Å². The van der Waals surface area contributed by atoms with Crippen LogP contribution in [0.3, 0.4) is 0 Å². The number of hydrogen-bond acceptors (Lipinski definition) is 1. The zero-order chi connectivity index (χ0) is 7.28. The quantitative estimate of drug-likeness (QED) is 0.559. The average molecular weight is 151 g/mol. The largest absolute Gasteiger partial charge is 0.385 e. The molecule has 0 aromatic heterocycles. The summed E-state index contributed by atoms with van der Waals surface area (Å²) >= 11 is 5.91. The molecule has 0 aliphatic carbocycles. The van der Waals surface area contributed by atoms with Gasteiger partial charge in [0.25, 0.3) is 0 Å². The molecule has 0 heterocycles. The Morgan fingerprint density at radius 2 is 2.00 bits per heavy atom. The molecule has 0 N–H and O–H groups in total. The molecule has 1 nitrogen and oxygen atoms in total. The van der Waals surface area contributed by atoms with Crippen LogP contribution in [0.5, 0.6) is 0 Å². The van der Waals surface area contributed by atoms with Crippen molar-refractivity contribution in [2.75, 3.05) is 13.7 Å². The Morgan fingerprint density at radius 3 is 2.33 bits per heavy atom. The van der Waals surface area contributed by atoms with E-state index >= 15 is 0 Å². The fourth-order valence-electron chi connectivity index (χ4n) is 0.564. The molecular weight excluding hydrogens is 136 g/mol. The Bertz CT molecular complexity index is 63.9. The van der Waals surface area contributed by atoms with Gasteiger partial charge in [-0.1, -0.05) is 13.8 Å². The van der Waals surface area contributed by atoms with Gasteiger partial charge >= 0.3 is 0 Å². The van der Waals surface area contributed by atoms with Gasteiger partial charge < -0.3 is 4.74 Å². The highest BCUT2D eigenvalue weighted by molar-refractivity contribution is 6.20. The summed E-state index contributed by atoms with van der Waals surface area (Å²) in [5, 5.41) is 0.268. The van der Waals surface area contributed by atoms with Crippen molar-refractivity contribution in [2.45, 2.75) is 25.6 Å². The van der Waals surface area contributed by atoms with E-state index in [9.17, 15) is 0 Å². The number of methoxy groups -OCH3 is 1. The molecule has 0 saturated heterocycles. The first-order valence-corrected chi connectivity index (χ1v) is 3.75. The smallest absolute Gasteiger partial charge is 0.0476 e. The number of alkyl halides is 1. The van der Waals surface area contributed by atoms with Gasteiger partial charge in [-0.25, -0.2) is 0 Å². The van der Waals surface area contributed by atoms with Crippen molar-refractivity contribution in [2.24, 2.45) is 5.92 Å². The summed E-state index contributed by atoms with van der Waals surface area (Å²) in [5.41, 5.74) is 0. The fourth-order valence-corrected chi connectivity index (χ4v) is 0.653. The molecule has 0 aromatic carbocycles. The van der Waals surface area contributed by atoms with Gasteiger partial charge in [0.05, 0.1) is 0 Å². The summed E-state index contributed by atoms with van der Waals surface area (Å²) in [5.74, 6) is 0.557. The lowest BCUT2D eigenvalue weighted by atomic mass is 10.1. The van der Waals surface area contributed by atoms with E-state index in [0.717, 1.165) is 13.0 Å². The van der Waals surface area contributed by atoms with Crippen molar-refractivity contribution in [1.29, 1.82) is 0 Å². The van der Waals surface area contributed by atoms with Crippen LogP contribution in [-0.4, -0.2) is 19.1 Å². The molecule has 0 bridgehead atoms. The maximum absolute atomic E-state index is 5.91. The third-order valence-corrected chi connectivity index (χ3v) is 2.04. The summed E-state index contributed by atoms with van der Waals surface area (Å²) in [6.45, 7) is 5.01. The Balaban J connectivity index is 3.16. The molecule has 1 unspecified atom stereocenters. The maximum atomic E-state index is 5.91. The summed E-state index contributed by atoms with van der Waals surface area (Å²) in [6, 6.07) is 0. The van der Waals surface area contributed by atoms with Crippen molar-refractivity contribution in [1.82, 2.24) is 0 Å². The first-order chi connectivity index (χ1) is 4.18. The minimum Gasteiger partial charge on any atom is -0.385 e. The molecule has 56 valence electrons. The fraction of sp³-hybridized carbons (Fsp3) is 1.00. The van der Waals surface area contributed by atoms with Crippen molar-refractivity contribution >= 4 is 11.6 Å². The lowest BCUT2D eigenvalue weighted by molar-refractivity contribution is 0.190. The van der Waals surface area contributed by atoms with Crippen LogP contribution in [0.1, 0.15) is 20.3 Å². The topological polar surface area (TPSA) is 9.23 Å². The van der Waals surface area contributed by atoms with Crippen LogP contribution in [0.15, 0.2) is 0 Å². The zero-order valence-corrected chi connectivity index (χ0v) is 7.11. The third-order valence-electron chi connectivity index (χ3n) is 1.32. The van der Waals surface area contributed by atoms with E-state index in [4.69, 9.17) is 16.3 Å². The minimum atomic E-state index is 0.268. The van der Waals surface area contributed by atoms with E-state index in [-0.39, 0.29) is 5.38 Å². The van der Waals surface area contributed by atoms with Gasteiger partial charge in [0, 0.05) is 19.1 Å². The highest BCUT2D eigenvalue weighted by Crippen LogP contribution is 2.12. The van der Waals surface area contributed by atoms with E-state index in [1.165, 1.54) is 0 Å². The number of hydrogen-bond donors (Lipinski definition) is 0. The molecule has 0 rings (SSSR count). The lowest BCUT2D eigenvalue weighted by Crippen LogP contribution is -2.10. The van der Waals surface area contributed by atoms with E-state index in [1.807, 2.05) is 0 Å². The molecule has 0 aliphatic rings. The second-order valence-corrected chi connectivity index (χ2v) is 3.10. The normalized spacial score (nSPS) is 14.3. The van der Waals surface area contributed by atoms with E-state index in [2.05, 4.69) is 13.8 Å². The van der Waals surface area contributed by atoms with Crippen LogP contribution in [0.25, 0.3) is 0 Å². The second kappa shape index (κ2) is 5.07. The maximum Gasteiger partial charge on any atom is 0.0476 e.